The number of benzene rings is 3. The molecule has 0 N–H and O–H groups in total. The second-order valence-electron chi connectivity index (χ2n) is 8.29. The van der Waals surface area contributed by atoms with Crippen molar-refractivity contribution >= 4 is 5.78 Å². The molecule has 0 heterocycles. The van der Waals surface area contributed by atoms with E-state index in [0.29, 0.717) is 22.3 Å². The summed E-state index contributed by atoms with van der Waals surface area (Å²) in [6.07, 6.45) is -0.0727. The summed E-state index contributed by atoms with van der Waals surface area (Å²) >= 11 is 0. The Balaban J connectivity index is 0.00000272. The van der Waals surface area contributed by atoms with Crippen LogP contribution in [0.2, 0.25) is 0 Å². The quantitative estimate of drug-likeness (QED) is 0.128. The number of aryl methyl sites for hydroxylation is 2. The molecule has 0 saturated heterocycles. The summed E-state index contributed by atoms with van der Waals surface area (Å²) in [5.74, 6) is -1.48. The number of Topliss-reactive ketones (excluding diaryl/α,β-unsaturated/α-hetero) is 1. The predicted molar refractivity (Wildman–Crippen MR) is 114 cm³/mol. The first-order chi connectivity index (χ1) is 14.3. The molecule has 1 aliphatic carbocycles. The number of hydrogen-bond acceptors (Lipinski definition) is 3. The van der Waals surface area contributed by atoms with Crippen molar-refractivity contribution < 1.29 is 102 Å². The number of carbonyl (C=O) groups is 1. The van der Waals surface area contributed by atoms with Crippen LogP contribution in [0.25, 0.3) is 0 Å². The minimum Gasteiger partial charge on any atom is -1.00 e. The summed E-state index contributed by atoms with van der Waals surface area (Å²) in [4.78, 5) is 13.5. The van der Waals surface area contributed by atoms with Crippen LogP contribution in [0.5, 0.6) is 0 Å². The Bertz CT molecular complexity index is 1100. The van der Waals surface area contributed by atoms with Crippen LogP contribution in [0.3, 0.4) is 0 Å². The van der Waals surface area contributed by atoms with Gasteiger partial charge in [0, 0.05) is 11.5 Å². The molecule has 168 valence electrons. The first-order valence-electron chi connectivity index (χ1n) is 10.1. The van der Waals surface area contributed by atoms with E-state index in [1.807, 2.05) is 44.2 Å². The summed E-state index contributed by atoms with van der Waals surface area (Å²) in [5, 5.41) is 29.1. The monoisotopic (exact) mass is 778 g/mol. The van der Waals surface area contributed by atoms with E-state index in [4.69, 9.17) is 0 Å². The molecule has 1 saturated carbocycles. The molecule has 3 aromatic rings. The van der Waals surface area contributed by atoms with E-state index < -0.39 is 17.1 Å². The maximum atomic E-state index is 14.7. The number of ketones is 1. The fourth-order valence-electron chi connectivity index (χ4n) is 4.55. The number of rotatable bonds is 4. The van der Waals surface area contributed by atoms with E-state index in [1.54, 1.807) is 48.5 Å². The molecule has 3 nitrogen and oxygen atoms in total. The Hall–Kier alpha value is -0.303. The molecule has 0 aromatic heterocycles. The van der Waals surface area contributed by atoms with Gasteiger partial charge in [0.2, 0.25) is 0 Å². The van der Waals surface area contributed by atoms with E-state index >= 15 is 0 Å². The van der Waals surface area contributed by atoms with Crippen LogP contribution < -0.4 is 58.2 Å². The van der Waals surface area contributed by atoms with Crippen molar-refractivity contribution in [1.82, 2.24) is 0 Å². The van der Waals surface area contributed by atoms with Gasteiger partial charge in [0.15, 0.2) is 5.78 Å². The Morgan fingerprint density at radius 3 is 1.71 bits per heavy atom. The Labute approximate surface area is 261 Å². The largest absolute Gasteiger partial charge is 2.00 e. The molecule has 34 heavy (non-hydrogen) atoms. The normalized spacial score (nSPS) is 22.9. The van der Waals surface area contributed by atoms with Crippen LogP contribution in [0.15, 0.2) is 91.0 Å². The standard InChI is InChI=1S/C27H24O3.2HI.2Zn/c1-18-9-13-22(14-10-18)26(29)17-20(3)24(25(28)21-7-5-4-6-8-21)27(26,30)23-15-11-19(2)12-16-23;;;;/h4-16,24H,3,17H2,1-2H3;2*1H;;/q-2;;;2*+2/p-2/t24-,26+,27+;;;;/m1..../s1. The van der Waals surface area contributed by atoms with Gasteiger partial charge in [-0.15, -0.1) is 0 Å². The van der Waals surface area contributed by atoms with Crippen LogP contribution in [-0.4, -0.2) is 5.78 Å². The summed E-state index contributed by atoms with van der Waals surface area (Å²) < 4.78 is 0. The molecule has 0 radical (unpaired) electrons. The van der Waals surface area contributed by atoms with Gasteiger partial charge in [-0.3, -0.25) is 4.79 Å². The number of halogens is 2. The molecule has 0 spiro atoms. The van der Waals surface area contributed by atoms with E-state index in [-0.39, 0.29) is 99.1 Å². The fraction of sp³-hybridized carbons (Fsp3) is 0.222. The minimum atomic E-state index is -2.21. The smallest absolute Gasteiger partial charge is 1.00 e. The van der Waals surface area contributed by atoms with Crippen LogP contribution in [0.1, 0.15) is 39.0 Å². The molecule has 0 unspecified atom stereocenters. The van der Waals surface area contributed by atoms with Crippen molar-refractivity contribution in [1.29, 1.82) is 0 Å². The van der Waals surface area contributed by atoms with Crippen LogP contribution >= 0.6 is 0 Å². The van der Waals surface area contributed by atoms with Gasteiger partial charge in [-0.2, -0.15) is 0 Å². The summed E-state index contributed by atoms with van der Waals surface area (Å²) in [6.45, 7) is 7.89. The summed E-state index contributed by atoms with van der Waals surface area (Å²) in [5.41, 5.74) is -0.717. The third-order valence-electron chi connectivity index (χ3n) is 6.21. The maximum absolute atomic E-state index is 14.7. The molecule has 0 aliphatic heterocycles. The maximum Gasteiger partial charge on any atom is 2.00 e. The zero-order valence-electron chi connectivity index (χ0n) is 19.4. The first-order valence-corrected chi connectivity index (χ1v) is 10.1. The Morgan fingerprint density at radius 1 is 0.794 bits per heavy atom. The molecule has 0 amide bonds. The van der Waals surface area contributed by atoms with Gasteiger partial charge < -0.3 is 58.2 Å². The zero-order chi connectivity index (χ0) is 21.5. The molecule has 0 bridgehead atoms. The van der Waals surface area contributed by atoms with Gasteiger partial charge in [0.05, 0.1) is 0 Å². The van der Waals surface area contributed by atoms with Crippen molar-refractivity contribution in [3.8, 4) is 0 Å². The van der Waals surface area contributed by atoms with Crippen molar-refractivity contribution in [3.05, 3.63) is 119 Å². The molecule has 1 fully saturated rings. The Morgan fingerprint density at radius 2 is 1.24 bits per heavy atom. The van der Waals surface area contributed by atoms with Crippen molar-refractivity contribution in [2.75, 3.05) is 0 Å². The Kier molecular flexibility index (Phi) is 13.2. The second-order valence-corrected chi connectivity index (χ2v) is 8.29. The van der Waals surface area contributed by atoms with E-state index in [9.17, 15) is 15.0 Å². The SMILES string of the molecule is C=C1C[C@]([O-])(c2ccc(C)cc2)[C@]([O-])(c2ccc(C)cc2)[C@H]1C(=O)c1ccccc1.[I-].[I-].[Zn+2].[Zn+2]. The molecule has 4 rings (SSSR count). The average molecular weight is 781 g/mol. The molecular weight excluding hydrogens is 757 g/mol. The topological polar surface area (TPSA) is 63.2 Å². The van der Waals surface area contributed by atoms with E-state index in [0.717, 1.165) is 11.1 Å². The fourth-order valence-corrected chi connectivity index (χ4v) is 4.55. The second kappa shape index (κ2) is 13.3. The van der Waals surface area contributed by atoms with Gasteiger partial charge >= 0.3 is 39.0 Å². The van der Waals surface area contributed by atoms with Crippen molar-refractivity contribution in [2.45, 2.75) is 31.5 Å². The third-order valence-corrected chi connectivity index (χ3v) is 6.21. The average Bonchev–Trinajstić information content (AvgIpc) is 2.95. The van der Waals surface area contributed by atoms with Gasteiger partial charge in [0.25, 0.3) is 0 Å². The van der Waals surface area contributed by atoms with Crippen LogP contribution in [0, 0.1) is 19.8 Å². The van der Waals surface area contributed by atoms with Crippen LogP contribution in [-0.2, 0) is 50.2 Å². The first kappa shape index (κ1) is 33.7. The zero-order valence-corrected chi connectivity index (χ0v) is 29.6. The van der Waals surface area contributed by atoms with E-state index in [1.165, 1.54) is 0 Å². The summed E-state index contributed by atoms with van der Waals surface area (Å²) in [6, 6.07) is 22.8. The van der Waals surface area contributed by atoms with Gasteiger partial charge in [0.1, 0.15) is 0 Å². The molecule has 1 aliphatic rings. The third kappa shape index (κ3) is 5.81. The van der Waals surface area contributed by atoms with Gasteiger partial charge in [-0.25, -0.2) is 0 Å². The molecule has 7 heteroatoms. The molecular formula is C27H24I2O3Zn2. The van der Waals surface area contributed by atoms with Crippen LogP contribution in [0.4, 0.5) is 0 Å². The van der Waals surface area contributed by atoms with Crippen molar-refractivity contribution in [2.24, 2.45) is 5.92 Å². The number of carbonyl (C=O) groups excluding carboxylic acids is 1. The van der Waals surface area contributed by atoms with Gasteiger partial charge in [-0.1, -0.05) is 124 Å². The van der Waals surface area contributed by atoms with Gasteiger partial charge in [-0.05, 0) is 20.3 Å². The molecule has 3 atom stereocenters. The summed E-state index contributed by atoms with van der Waals surface area (Å²) in [7, 11) is 0. The van der Waals surface area contributed by atoms with Crippen molar-refractivity contribution in [3.63, 3.8) is 0 Å². The number of hydrogen-bond donors (Lipinski definition) is 0. The minimum absolute atomic E-state index is 0. The molecule has 3 aromatic carbocycles. The van der Waals surface area contributed by atoms with E-state index in [2.05, 4.69) is 6.58 Å². The predicted octanol–water partition coefficient (Wildman–Crippen LogP) is -2.42.